The average Bonchev–Trinajstić information content (AvgIpc) is 2.81. The van der Waals surface area contributed by atoms with E-state index in [0.29, 0.717) is 17.4 Å². The lowest BCUT2D eigenvalue weighted by atomic mass is 9.97. The summed E-state index contributed by atoms with van der Waals surface area (Å²) in [6.07, 6.45) is 2.88. The van der Waals surface area contributed by atoms with Gasteiger partial charge in [-0.1, -0.05) is 0 Å². The molecule has 0 radical (unpaired) electrons. The Morgan fingerprint density at radius 2 is 1.53 bits per heavy atom. The first-order valence-corrected chi connectivity index (χ1v) is 7.30. The molecule has 2 rings (SSSR count). The molecule has 2 aliphatic carbocycles. The molecular formula is C10H20O4Si. The summed E-state index contributed by atoms with van der Waals surface area (Å²) in [4.78, 5) is 0. The number of hydrogen-bond acceptors (Lipinski definition) is 4. The maximum Gasteiger partial charge on any atom is 0.503 e. The molecule has 0 saturated heterocycles. The minimum absolute atomic E-state index is 0.108. The van der Waals surface area contributed by atoms with Crippen LogP contribution >= 0.6 is 0 Å². The summed E-state index contributed by atoms with van der Waals surface area (Å²) in [6.45, 7) is 0. The van der Waals surface area contributed by atoms with Crippen LogP contribution in [0.1, 0.15) is 19.3 Å². The molecule has 4 atom stereocenters. The fraction of sp³-hybridized carbons (Fsp3) is 1.00. The molecule has 88 valence electrons. The number of aliphatic hydroxyl groups is 1. The molecule has 0 aromatic heterocycles. The summed E-state index contributed by atoms with van der Waals surface area (Å²) in [5.41, 5.74) is 0.380. The minimum atomic E-state index is -2.48. The number of aliphatic hydroxyl groups excluding tert-OH is 1. The zero-order chi connectivity index (χ0) is 11.1. The van der Waals surface area contributed by atoms with Crippen LogP contribution in [0.5, 0.6) is 0 Å². The average molecular weight is 232 g/mol. The molecule has 0 spiro atoms. The topological polar surface area (TPSA) is 47.9 Å². The van der Waals surface area contributed by atoms with E-state index in [2.05, 4.69) is 0 Å². The second kappa shape index (κ2) is 4.14. The Labute approximate surface area is 91.9 Å². The van der Waals surface area contributed by atoms with Gasteiger partial charge in [-0.15, -0.1) is 0 Å². The van der Waals surface area contributed by atoms with Crippen molar-refractivity contribution in [2.45, 2.75) is 30.9 Å². The standard InChI is InChI=1S/C10H20O4Si/c1-12-15(13-2,14-3)10-6-7-4-8(10)5-9(7)11/h7-11H,4-6H2,1-3H3. The monoisotopic (exact) mass is 232 g/mol. The van der Waals surface area contributed by atoms with Crippen molar-refractivity contribution < 1.29 is 18.4 Å². The SMILES string of the molecule is CO[Si](OC)(OC)C1CC2CC1CC2O. The summed E-state index contributed by atoms with van der Waals surface area (Å²) in [6, 6.07) is 0. The molecule has 4 nitrogen and oxygen atoms in total. The highest BCUT2D eigenvalue weighted by Crippen LogP contribution is 2.55. The van der Waals surface area contributed by atoms with Crippen LogP contribution in [0.4, 0.5) is 0 Å². The normalized spacial score (nSPS) is 40.0. The summed E-state index contributed by atoms with van der Waals surface area (Å²) in [5.74, 6) is 0.962. The lowest BCUT2D eigenvalue weighted by Gasteiger charge is -2.35. The van der Waals surface area contributed by atoms with E-state index in [1.165, 1.54) is 0 Å². The van der Waals surface area contributed by atoms with E-state index in [0.717, 1.165) is 19.3 Å². The van der Waals surface area contributed by atoms with E-state index in [-0.39, 0.29) is 6.10 Å². The van der Waals surface area contributed by atoms with Gasteiger partial charge in [0.2, 0.25) is 0 Å². The highest BCUT2D eigenvalue weighted by Gasteiger charge is 2.58. The van der Waals surface area contributed by atoms with Gasteiger partial charge in [-0.05, 0) is 31.1 Å². The van der Waals surface area contributed by atoms with Crippen molar-refractivity contribution in [2.75, 3.05) is 21.3 Å². The fourth-order valence-corrected chi connectivity index (χ4v) is 6.23. The molecule has 2 fully saturated rings. The zero-order valence-corrected chi connectivity index (χ0v) is 10.6. The van der Waals surface area contributed by atoms with Crippen LogP contribution in [0.25, 0.3) is 0 Å². The predicted molar refractivity (Wildman–Crippen MR) is 57.4 cm³/mol. The summed E-state index contributed by atoms with van der Waals surface area (Å²) in [7, 11) is 2.53. The molecule has 4 unspecified atom stereocenters. The summed E-state index contributed by atoms with van der Waals surface area (Å²) < 4.78 is 16.6. The molecule has 0 aliphatic heterocycles. The molecule has 0 aromatic rings. The van der Waals surface area contributed by atoms with Crippen LogP contribution in [0.2, 0.25) is 5.54 Å². The van der Waals surface area contributed by atoms with E-state index in [1.54, 1.807) is 21.3 Å². The van der Waals surface area contributed by atoms with Crippen molar-refractivity contribution >= 4 is 8.80 Å². The Morgan fingerprint density at radius 1 is 0.933 bits per heavy atom. The third-order valence-electron chi connectivity index (χ3n) is 4.13. The van der Waals surface area contributed by atoms with Gasteiger partial charge in [-0.3, -0.25) is 0 Å². The van der Waals surface area contributed by atoms with Crippen LogP contribution in [-0.2, 0) is 13.3 Å². The summed E-state index contributed by atoms with van der Waals surface area (Å²) in [5, 5.41) is 9.71. The fourth-order valence-electron chi connectivity index (χ4n) is 3.38. The van der Waals surface area contributed by atoms with Gasteiger partial charge in [0.05, 0.1) is 6.10 Å². The van der Waals surface area contributed by atoms with Crippen LogP contribution in [0, 0.1) is 11.8 Å². The van der Waals surface area contributed by atoms with Gasteiger partial charge in [-0.2, -0.15) is 0 Å². The Bertz CT molecular complexity index is 221. The van der Waals surface area contributed by atoms with Gasteiger partial charge >= 0.3 is 8.80 Å². The maximum atomic E-state index is 9.71. The quantitative estimate of drug-likeness (QED) is 0.735. The largest absolute Gasteiger partial charge is 0.503 e. The lowest BCUT2D eigenvalue weighted by molar-refractivity contribution is 0.0753. The number of hydrogen-bond donors (Lipinski definition) is 1. The third-order valence-corrected chi connectivity index (χ3v) is 7.45. The van der Waals surface area contributed by atoms with Crippen molar-refractivity contribution in [1.82, 2.24) is 0 Å². The first kappa shape index (κ1) is 11.5. The molecule has 5 heteroatoms. The van der Waals surface area contributed by atoms with Gasteiger partial charge in [0, 0.05) is 26.9 Å². The summed E-state index contributed by atoms with van der Waals surface area (Å²) >= 11 is 0. The van der Waals surface area contributed by atoms with Crippen molar-refractivity contribution in [3.8, 4) is 0 Å². The maximum absolute atomic E-state index is 9.71. The van der Waals surface area contributed by atoms with Crippen LogP contribution < -0.4 is 0 Å². The molecule has 1 N–H and O–H groups in total. The van der Waals surface area contributed by atoms with Crippen LogP contribution in [0.3, 0.4) is 0 Å². The van der Waals surface area contributed by atoms with Crippen LogP contribution in [0.15, 0.2) is 0 Å². The Morgan fingerprint density at radius 3 is 1.87 bits per heavy atom. The van der Waals surface area contributed by atoms with Crippen LogP contribution in [-0.4, -0.2) is 41.3 Å². The smallest absolute Gasteiger partial charge is 0.393 e. The number of fused-ring (bicyclic) bond motifs is 2. The number of rotatable bonds is 4. The Balaban J connectivity index is 2.12. The van der Waals surface area contributed by atoms with E-state index >= 15 is 0 Å². The predicted octanol–water partition coefficient (Wildman–Crippen LogP) is 1.03. The van der Waals surface area contributed by atoms with Gasteiger partial charge in [0.15, 0.2) is 0 Å². The lowest BCUT2D eigenvalue weighted by Crippen LogP contribution is -2.50. The second-order valence-electron chi connectivity index (χ2n) is 4.62. The van der Waals surface area contributed by atoms with E-state index in [4.69, 9.17) is 13.3 Å². The van der Waals surface area contributed by atoms with E-state index < -0.39 is 8.80 Å². The van der Waals surface area contributed by atoms with Gasteiger partial charge < -0.3 is 18.4 Å². The Hall–Kier alpha value is 0.0569. The molecule has 0 amide bonds. The molecule has 0 heterocycles. The highest BCUT2D eigenvalue weighted by molar-refractivity contribution is 6.62. The second-order valence-corrected chi connectivity index (χ2v) is 7.79. The molecule has 2 saturated carbocycles. The van der Waals surface area contributed by atoms with E-state index in [1.807, 2.05) is 0 Å². The highest BCUT2D eigenvalue weighted by atomic mass is 28.4. The van der Waals surface area contributed by atoms with E-state index in [9.17, 15) is 5.11 Å². The van der Waals surface area contributed by atoms with Crippen molar-refractivity contribution in [2.24, 2.45) is 11.8 Å². The zero-order valence-electron chi connectivity index (χ0n) is 9.60. The van der Waals surface area contributed by atoms with Gasteiger partial charge in [-0.25, -0.2) is 0 Å². The Kier molecular flexibility index (Phi) is 3.19. The van der Waals surface area contributed by atoms with Crippen molar-refractivity contribution in [3.63, 3.8) is 0 Å². The molecule has 0 aromatic carbocycles. The first-order valence-electron chi connectivity index (χ1n) is 5.50. The van der Waals surface area contributed by atoms with Crippen molar-refractivity contribution in [1.29, 1.82) is 0 Å². The molecule has 2 aliphatic rings. The first-order chi connectivity index (χ1) is 7.16. The molecule has 15 heavy (non-hydrogen) atoms. The minimum Gasteiger partial charge on any atom is -0.393 e. The third kappa shape index (κ3) is 1.66. The van der Waals surface area contributed by atoms with Gasteiger partial charge in [0.25, 0.3) is 0 Å². The molecule has 2 bridgehead atoms. The van der Waals surface area contributed by atoms with Gasteiger partial charge in [0.1, 0.15) is 0 Å². The molecular weight excluding hydrogens is 212 g/mol. The van der Waals surface area contributed by atoms with Crippen molar-refractivity contribution in [3.05, 3.63) is 0 Å².